The Labute approximate surface area is 105 Å². The van der Waals surface area contributed by atoms with Crippen LogP contribution in [0.4, 0.5) is 0 Å². The first-order chi connectivity index (χ1) is 6.60. The zero-order valence-corrected chi connectivity index (χ0v) is 11.8. The fraction of sp³-hybridized carbons (Fsp3) is 0.571. The Bertz CT molecular complexity index is 324. The molecule has 0 saturated heterocycles. The number of hydrogen-bond donors (Lipinski definition) is 0. The second-order valence-corrected chi connectivity index (χ2v) is 6.25. The number of rotatable bonds is 0. The van der Waals surface area contributed by atoms with Crippen molar-refractivity contribution in [2.24, 2.45) is 0 Å². The molecule has 0 amide bonds. The summed E-state index contributed by atoms with van der Waals surface area (Å²) in [6, 6.07) is 5.64. The third-order valence-corrected chi connectivity index (χ3v) is 2.64. The van der Waals surface area contributed by atoms with E-state index in [2.05, 4.69) is 47.6 Å². The summed E-state index contributed by atoms with van der Waals surface area (Å²) >= 11 is 0. The Morgan fingerprint density at radius 2 is 1.06 bits per heavy atom. The molecule has 2 heteroatoms. The molecule has 0 atom stereocenters. The summed E-state index contributed by atoms with van der Waals surface area (Å²) in [6.45, 7) is 12.8. The molecule has 0 aliphatic heterocycles. The molecule has 92 valence electrons. The molecule has 1 nitrogen and oxygen atoms in total. The second kappa shape index (κ2) is 4.67. The molecule has 1 rings (SSSR count). The fourth-order valence-corrected chi connectivity index (χ4v) is 1.47. The summed E-state index contributed by atoms with van der Waals surface area (Å²) in [5, 5.41) is 11.6. The lowest BCUT2D eigenvalue weighted by Crippen LogP contribution is -3.00. The first kappa shape index (κ1) is 15.3. The second-order valence-electron chi connectivity index (χ2n) is 6.25. The predicted molar refractivity (Wildman–Crippen MR) is 63.3 cm³/mol. The van der Waals surface area contributed by atoms with E-state index < -0.39 is 0 Å². The van der Waals surface area contributed by atoms with Crippen LogP contribution in [0.25, 0.3) is 0 Å². The van der Waals surface area contributed by atoms with Crippen molar-refractivity contribution in [1.29, 1.82) is 0 Å². The highest BCUT2D eigenvalue weighted by Crippen LogP contribution is 2.31. The van der Waals surface area contributed by atoms with Crippen LogP contribution in [0.1, 0.15) is 52.7 Å². The van der Waals surface area contributed by atoms with Crippen LogP contribution in [0.3, 0.4) is 0 Å². The van der Waals surface area contributed by atoms with Crippen LogP contribution in [0, 0.1) is 0 Å². The lowest BCUT2D eigenvalue weighted by Gasteiger charge is -2.27. The van der Waals surface area contributed by atoms with Crippen molar-refractivity contribution in [2.45, 2.75) is 52.4 Å². The van der Waals surface area contributed by atoms with E-state index in [9.17, 15) is 5.11 Å². The molecule has 0 radical (unpaired) electrons. The van der Waals surface area contributed by atoms with Crippen molar-refractivity contribution in [3.05, 3.63) is 29.3 Å². The monoisotopic (exact) mass is 240 g/mol. The largest absolute Gasteiger partial charge is 1.00 e. The van der Waals surface area contributed by atoms with Gasteiger partial charge in [-0.3, -0.25) is 0 Å². The maximum atomic E-state index is 11.6. The minimum Gasteiger partial charge on any atom is -1.00 e. The van der Waals surface area contributed by atoms with E-state index in [-0.39, 0.29) is 29.0 Å². The quantitative estimate of drug-likeness (QED) is 0.642. The fourth-order valence-electron chi connectivity index (χ4n) is 1.47. The maximum absolute atomic E-state index is 11.6. The van der Waals surface area contributed by atoms with Gasteiger partial charge in [-0.2, -0.15) is 0 Å². The molecule has 0 saturated carbocycles. The minimum absolute atomic E-state index is 0. The van der Waals surface area contributed by atoms with Gasteiger partial charge in [0, 0.05) is 0 Å². The third kappa shape index (κ3) is 3.71. The summed E-state index contributed by atoms with van der Waals surface area (Å²) in [5.74, 6) is 0.118. The molecule has 0 fully saturated rings. The summed E-state index contributed by atoms with van der Waals surface area (Å²) < 4.78 is 0. The first-order valence-corrected chi connectivity index (χ1v) is 5.44. The maximum Gasteiger partial charge on any atom is -0.0132 e. The number of hydrogen-bond acceptors (Lipinski definition) is 1. The molecule has 0 N–H and O–H groups in total. The zero-order chi connectivity index (χ0) is 11.9. The Hall–Kier alpha value is -0.690. The van der Waals surface area contributed by atoms with Gasteiger partial charge in [0.25, 0.3) is 0 Å². The normalized spacial score (nSPS) is 12.1. The molecule has 0 aliphatic carbocycles. The standard InChI is InChI=1S/C14H22O.ClH/c1-13(2,3)10-7-11(14(4,5)6)9-12(15)8-10;/h7-9,15H,1-6H3;1H/p-2. The van der Waals surface area contributed by atoms with Crippen molar-refractivity contribution in [1.82, 2.24) is 0 Å². The van der Waals surface area contributed by atoms with Gasteiger partial charge in [-0.25, -0.2) is 0 Å². The molecule has 0 heterocycles. The van der Waals surface area contributed by atoms with Crippen LogP contribution < -0.4 is 17.5 Å². The lowest BCUT2D eigenvalue weighted by atomic mass is 9.80. The van der Waals surface area contributed by atoms with Gasteiger partial charge in [-0.1, -0.05) is 59.7 Å². The molecular formula is C14H21ClO-2. The Morgan fingerprint density at radius 1 is 0.750 bits per heavy atom. The Balaban J connectivity index is 0.00000225. The molecule has 1 aromatic carbocycles. The van der Waals surface area contributed by atoms with Gasteiger partial charge in [-0.15, -0.1) is 5.75 Å². The Morgan fingerprint density at radius 3 is 1.31 bits per heavy atom. The van der Waals surface area contributed by atoms with Crippen LogP contribution in [0.2, 0.25) is 0 Å². The average Bonchev–Trinajstić information content (AvgIpc) is 1.99. The third-order valence-electron chi connectivity index (χ3n) is 2.64. The van der Waals surface area contributed by atoms with Crippen molar-refractivity contribution in [2.75, 3.05) is 0 Å². The Kier molecular flexibility index (Phi) is 4.46. The highest BCUT2D eigenvalue weighted by molar-refractivity contribution is 5.39. The van der Waals surface area contributed by atoms with Gasteiger partial charge in [-0.05, 0) is 22.0 Å². The van der Waals surface area contributed by atoms with E-state index >= 15 is 0 Å². The SMILES string of the molecule is CC(C)(C)c1cc([O-])cc(C(C)(C)C)c1.[Cl-]. The van der Waals surface area contributed by atoms with Gasteiger partial charge in [0.05, 0.1) is 0 Å². The molecule has 16 heavy (non-hydrogen) atoms. The van der Waals surface area contributed by atoms with Crippen LogP contribution in [0.15, 0.2) is 18.2 Å². The van der Waals surface area contributed by atoms with E-state index in [1.54, 1.807) is 12.1 Å². The van der Waals surface area contributed by atoms with Gasteiger partial charge < -0.3 is 17.5 Å². The molecular weight excluding hydrogens is 220 g/mol. The summed E-state index contributed by atoms with van der Waals surface area (Å²) in [7, 11) is 0. The van der Waals surface area contributed by atoms with Crippen molar-refractivity contribution >= 4 is 0 Å². The molecule has 0 bridgehead atoms. The molecule has 0 aromatic heterocycles. The summed E-state index contributed by atoms with van der Waals surface area (Å²) in [6.07, 6.45) is 0. The zero-order valence-electron chi connectivity index (χ0n) is 11.0. The van der Waals surface area contributed by atoms with E-state index in [0.29, 0.717) is 0 Å². The van der Waals surface area contributed by atoms with Crippen molar-refractivity contribution < 1.29 is 17.5 Å². The van der Waals surface area contributed by atoms with Crippen LogP contribution >= 0.6 is 0 Å². The van der Waals surface area contributed by atoms with Gasteiger partial charge in [0.1, 0.15) is 0 Å². The molecule has 0 aliphatic rings. The summed E-state index contributed by atoms with van der Waals surface area (Å²) in [4.78, 5) is 0. The van der Waals surface area contributed by atoms with Crippen LogP contribution in [-0.2, 0) is 10.8 Å². The number of halogens is 1. The van der Waals surface area contributed by atoms with Gasteiger partial charge in [0.15, 0.2) is 0 Å². The highest BCUT2D eigenvalue weighted by atomic mass is 35.5. The minimum atomic E-state index is 0. The van der Waals surface area contributed by atoms with Crippen molar-refractivity contribution in [3.8, 4) is 5.75 Å². The van der Waals surface area contributed by atoms with Crippen LogP contribution in [-0.4, -0.2) is 0 Å². The van der Waals surface area contributed by atoms with E-state index in [1.165, 1.54) is 0 Å². The van der Waals surface area contributed by atoms with Crippen molar-refractivity contribution in [3.63, 3.8) is 0 Å². The topological polar surface area (TPSA) is 23.1 Å². The first-order valence-electron chi connectivity index (χ1n) is 5.44. The van der Waals surface area contributed by atoms with E-state index in [1.807, 2.05) is 0 Å². The molecule has 0 unspecified atom stereocenters. The van der Waals surface area contributed by atoms with Crippen LogP contribution in [0.5, 0.6) is 5.75 Å². The highest BCUT2D eigenvalue weighted by Gasteiger charge is 2.18. The van der Waals surface area contributed by atoms with Gasteiger partial charge in [0.2, 0.25) is 0 Å². The van der Waals surface area contributed by atoms with Gasteiger partial charge >= 0.3 is 0 Å². The number of benzene rings is 1. The molecule has 1 aromatic rings. The lowest BCUT2D eigenvalue weighted by molar-refractivity contribution is -0.268. The molecule has 0 spiro atoms. The smallest absolute Gasteiger partial charge is 0.0132 e. The summed E-state index contributed by atoms with van der Waals surface area (Å²) in [5.41, 5.74) is 2.33. The van der Waals surface area contributed by atoms with E-state index in [4.69, 9.17) is 0 Å². The van der Waals surface area contributed by atoms with E-state index in [0.717, 1.165) is 11.1 Å². The predicted octanol–water partition coefficient (Wildman–Crippen LogP) is 0.359. The average molecular weight is 241 g/mol.